The van der Waals surface area contributed by atoms with Crippen LogP contribution in [0.5, 0.6) is 0 Å². The summed E-state index contributed by atoms with van der Waals surface area (Å²) in [5.41, 5.74) is 1.22. The standard InChI is InChI=1S/C18H15N3O5/c1-11(17(22)20-12-5-4-6-13(9-12)21(24)25)26-18(23)15-10-19-16-8-3-2-7-14(15)16/h2-11,19H,1H3,(H,20,22)/t11-/m1/s1. The van der Waals surface area contributed by atoms with E-state index in [-0.39, 0.29) is 11.4 Å². The average Bonchev–Trinajstić information content (AvgIpc) is 3.06. The Morgan fingerprint density at radius 2 is 1.96 bits per heavy atom. The monoisotopic (exact) mass is 353 g/mol. The lowest BCUT2D eigenvalue weighted by Gasteiger charge is -2.13. The first kappa shape index (κ1) is 17.2. The average molecular weight is 353 g/mol. The van der Waals surface area contributed by atoms with Crippen LogP contribution in [0, 0.1) is 10.1 Å². The SMILES string of the molecule is C[C@@H](OC(=O)c1c[nH]c2ccccc12)C(=O)Nc1cccc([N+](=O)[O-])c1. The van der Waals surface area contributed by atoms with Gasteiger partial charge < -0.3 is 15.0 Å². The number of para-hydroxylation sites is 1. The zero-order chi connectivity index (χ0) is 18.7. The molecule has 0 unspecified atom stereocenters. The molecule has 3 rings (SSSR count). The highest BCUT2D eigenvalue weighted by molar-refractivity contribution is 6.05. The summed E-state index contributed by atoms with van der Waals surface area (Å²) < 4.78 is 5.21. The van der Waals surface area contributed by atoms with Gasteiger partial charge in [-0.2, -0.15) is 0 Å². The van der Waals surface area contributed by atoms with Crippen LogP contribution in [0.15, 0.2) is 54.7 Å². The van der Waals surface area contributed by atoms with Crippen molar-refractivity contribution < 1.29 is 19.2 Å². The van der Waals surface area contributed by atoms with E-state index in [1.165, 1.54) is 37.4 Å². The molecule has 8 heteroatoms. The number of nitro benzene ring substituents is 1. The maximum atomic E-state index is 12.3. The van der Waals surface area contributed by atoms with Crippen LogP contribution >= 0.6 is 0 Å². The highest BCUT2D eigenvalue weighted by Gasteiger charge is 2.21. The summed E-state index contributed by atoms with van der Waals surface area (Å²) in [6.45, 7) is 1.43. The summed E-state index contributed by atoms with van der Waals surface area (Å²) >= 11 is 0. The van der Waals surface area contributed by atoms with Crippen LogP contribution in [0.25, 0.3) is 10.9 Å². The van der Waals surface area contributed by atoms with Crippen LogP contribution in [0.3, 0.4) is 0 Å². The molecule has 0 saturated carbocycles. The van der Waals surface area contributed by atoms with Gasteiger partial charge >= 0.3 is 5.97 Å². The molecule has 0 saturated heterocycles. The normalized spacial score (nSPS) is 11.7. The van der Waals surface area contributed by atoms with E-state index in [9.17, 15) is 19.7 Å². The van der Waals surface area contributed by atoms with Crippen molar-refractivity contribution in [2.24, 2.45) is 0 Å². The molecule has 0 bridgehead atoms. The molecule has 26 heavy (non-hydrogen) atoms. The summed E-state index contributed by atoms with van der Waals surface area (Å²) in [4.78, 5) is 37.7. The maximum Gasteiger partial charge on any atom is 0.341 e. The number of amides is 1. The van der Waals surface area contributed by atoms with Crippen molar-refractivity contribution in [3.05, 3.63) is 70.4 Å². The molecule has 1 atom stereocenters. The Bertz CT molecular complexity index is 995. The number of carbonyl (C=O) groups is 2. The van der Waals surface area contributed by atoms with Crippen LogP contribution in [-0.4, -0.2) is 27.9 Å². The Balaban J connectivity index is 1.68. The van der Waals surface area contributed by atoms with E-state index in [0.717, 1.165) is 5.52 Å². The van der Waals surface area contributed by atoms with Gasteiger partial charge in [-0.3, -0.25) is 14.9 Å². The fourth-order valence-corrected chi connectivity index (χ4v) is 2.46. The van der Waals surface area contributed by atoms with Crippen molar-refractivity contribution in [3.8, 4) is 0 Å². The molecule has 0 fully saturated rings. The number of H-pyrrole nitrogens is 1. The molecule has 1 amide bonds. The van der Waals surface area contributed by atoms with Crippen LogP contribution in [0.4, 0.5) is 11.4 Å². The minimum absolute atomic E-state index is 0.147. The van der Waals surface area contributed by atoms with E-state index in [2.05, 4.69) is 10.3 Å². The number of carbonyl (C=O) groups excluding carboxylic acids is 2. The number of hydrogen-bond donors (Lipinski definition) is 2. The Morgan fingerprint density at radius 1 is 1.19 bits per heavy atom. The first-order valence-electron chi connectivity index (χ1n) is 7.78. The van der Waals surface area contributed by atoms with E-state index in [1.807, 2.05) is 12.1 Å². The van der Waals surface area contributed by atoms with Gasteiger partial charge in [-0.25, -0.2) is 4.79 Å². The third kappa shape index (κ3) is 3.54. The number of ether oxygens (including phenoxy) is 1. The second-order valence-corrected chi connectivity index (χ2v) is 5.59. The molecular weight excluding hydrogens is 338 g/mol. The highest BCUT2D eigenvalue weighted by atomic mass is 16.6. The van der Waals surface area contributed by atoms with Gasteiger partial charge in [-0.1, -0.05) is 24.3 Å². The van der Waals surface area contributed by atoms with Gasteiger partial charge in [0.1, 0.15) is 0 Å². The molecule has 0 aliphatic carbocycles. The zero-order valence-corrected chi connectivity index (χ0v) is 13.8. The van der Waals surface area contributed by atoms with Crippen molar-refractivity contribution in [1.82, 2.24) is 4.98 Å². The molecule has 2 aromatic carbocycles. The van der Waals surface area contributed by atoms with Crippen molar-refractivity contribution in [1.29, 1.82) is 0 Å². The predicted octanol–water partition coefficient (Wildman–Crippen LogP) is 3.26. The Hall–Kier alpha value is -3.68. The van der Waals surface area contributed by atoms with E-state index < -0.39 is 22.9 Å². The number of nitrogens with zero attached hydrogens (tertiary/aromatic N) is 1. The lowest BCUT2D eigenvalue weighted by Crippen LogP contribution is -2.30. The molecule has 0 aliphatic heterocycles. The second kappa shape index (κ2) is 7.06. The molecule has 2 N–H and O–H groups in total. The minimum Gasteiger partial charge on any atom is -0.449 e. The van der Waals surface area contributed by atoms with Crippen LogP contribution in [0.1, 0.15) is 17.3 Å². The molecule has 3 aromatic rings. The number of aromatic nitrogens is 1. The molecule has 132 valence electrons. The van der Waals surface area contributed by atoms with Gasteiger partial charge in [-0.15, -0.1) is 0 Å². The number of nitro groups is 1. The van der Waals surface area contributed by atoms with Crippen molar-refractivity contribution in [2.75, 3.05) is 5.32 Å². The smallest absolute Gasteiger partial charge is 0.341 e. The highest BCUT2D eigenvalue weighted by Crippen LogP contribution is 2.20. The number of hydrogen-bond acceptors (Lipinski definition) is 5. The molecule has 0 spiro atoms. The summed E-state index contributed by atoms with van der Waals surface area (Å²) in [5, 5.41) is 14.0. The summed E-state index contributed by atoms with van der Waals surface area (Å²) in [7, 11) is 0. The molecule has 0 radical (unpaired) electrons. The molecule has 8 nitrogen and oxygen atoms in total. The number of rotatable bonds is 5. The van der Waals surface area contributed by atoms with Crippen LogP contribution in [-0.2, 0) is 9.53 Å². The largest absolute Gasteiger partial charge is 0.449 e. The van der Waals surface area contributed by atoms with Gasteiger partial charge in [0, 0.05) is 34.9 Å². The van der Waals surface area contributed by atoms with E-state index in [1.54, 1.807) is 12.1 Å². The first-order valence-corrected chi connectivity index (χ1v) is 7.78. The zero-order valence-electron chi connectivity index (χ0n) is 13.8. The topological polar surface area (TPSA) is 114 Å². The lowest BCUT2D eigenvalue weighted by molar-refractivity contribution is -0.384. The number of aromatic amines is 1. The number of benzene rings is 2. The summed E-state index contributed by atoms with van der Waals surface area (Å²) in [6.07, 6.45) is 0.452. The van der Waals surface area contributed by atoms with Gasteiger partial charge in [0.05, 0.1) is 10.5 Å². The van der Waals surface area contributed by atoms with Crippen LogP contribution in [0.2, 0.25) is 0 Å². The number of non-ortho nitro benzene ring substituents is 1. The van der Waals surface area contributed by atoms with Gasteiger partial charge in [0.25, 0.3) is 11.6 Å². The lowest BCUT2D eigenvalue weighted by atomic mass is 10.2. The number of fused-ring (bicyclic) bond motifs is 1. The van der Waals surface area contributed by atoms with Gasteiger partial charge in [0.15, 0.2) is 6.10 Å². The fourth-order valence-electron chi connectivity index (χ4n) is 2.46. The first-order chi connectivity index (χ1) is 12.5. The molecule has 1 aromatic heterocycles. The summed E-state index contributed by atoms with van der Waals surface area (Å²) in [5.74, 6) is -1.22. The van der Waals surface area contributed by atoms with Crippen molar-refractivity contribution in [3.63, 3.8) is 0 Å². The fraction of sp³-hybridized carbons (Fsp3) is 0.111. The van der Waals surface area contributed by atoms with E-state index in [4.69, 9.17) is 4.74 Å². The van der Waals surface area contributed by atoms with Crippen molar-refractivity contribution in [2.45, 2.75) is 13.0 Å². The van der Waals surface area contributed by atoms with Gasteiger partial charge in [0.2, 0.25) is 0 Å². The third-order valence-corrected chi connectivity index (χ3v) is 3.79. The minimum atomic E-state index is -1.07. The quantitative estimate of drug-likeness (QED) is 0.415. The molecular formula is C18H15N3O5. The van der Waals surface area contributed by atoms with Crippen LogP contribution < -0.4 is 5.32 Å². The Morgan fingerprint density at radius 3 is 2.73 bits per heavy atom. The maximum absolute atomic E-state index is 12.3. The number of esters is 1. The Kier molecular flexibility index (Phi) is 4.66. The van der Waals surface area contributed by atoms with E-state index in [0.29, 0.717) is 10.9 Å². The molecule has 1 heterocycles. The third-order valence-electron chi connectivity index (χ3n) is 3.79. The second-order valence-electron chi connectivity index (χ2n) is 5.59. The van der Waals surface area contributed by atoms with Gasteiger partial charge in [-0.05, 0) is 19.1 Å². The van der Waals surface area contributed by atoms with Crippen molar-refractivity contribution >= 4 is 34.2 Å². The Labute approximate surface area is 147 Å². The van der Waals surface area contributed by atoms with E-state index >= 15 is 0 Å². The predicted molar refractivity (Wildman–Crippen MR) is 94.9 cm³/mol. The molecule has 0 aliphatic rings. The number of nitrogens with one attached hydrogen (secondary N) is 2. The summed E-state index contributed by atoms with van der Waals surface area (Å²) in [6, 6.07) is 12.7. The number of anilines is 1.